The van der Waals surface area contributed by atoms with Crippen LogP contribution in [0.5, 0.6) is 5.75 Å². The maximum Gasteiger partial charge on any atom is 0.253 e. The van der Waals surface area contributed by atoms with Crippen LogP contribution in [-0.2, 0) is 4.79 Å². The van der Waals surface area contributed by atoms with E-state index in [1.165, 1.54) is 19.3 Å². The number of amides is 2. The summed E-state index contributed by atoms with van der Waals surface area (Å²) >= 11 is 0. The van der Waals surface area contributed by atoms with Crippen molar-refractivity contribution in [2.24, 2.45) is 28.6 Å². The van der Waals surface area contributed by atoms with Gasteiger partial charge in [0.2, 0.25) is 5.91 Å². The number of hydrogen-bond acceptors (Lipinski definition) is 3. The van der Waals surface area contributed by atoms with Gasteiger partial charge in [-0.05, 0) is 112 Å². The molecule has 0 aromatic heterocycles. The Morgan fingerprint density at radius 1 is 0.879 bits per heavy atom. The second kappa shape index (κ2) is 8.02. The highest BCUT2D eigenvalue weighted by Crippen LogP contribution is 2.61. The molecule has 0 unspecified atom stereocenters. The minimum atomic E-state index is -0.0232. The largest absolute Gasteiger partial charge is 0.494 e. The van der Waals surface area contributed by atoms with Gasteiger partial charge in [-0.25, -0.2) is 0 Å². The Kier molecular flexibility index (Phi) is 5.23. The summed E-state index contributed by atoms with van der Waals surface area (Å²) in [5.74, 6) is 3.86. The summed E-state index contributed by atoms with van der Waals surface area (Å²) in [5.41, 5.74) is 0.928. The Balaban J connectivity index is 1.07. The van der Waals surface area contributed by atoms with Gasteiger partial charge in [0.1, 0.15) is 5.75 Å². The number of nitrogens with zero attached hydrogens (tertiary/aromatic N) is 2. The van der Waals surface area contributed by atoms with Gasteiger partial charge in [-0.15, -0.1) is 0 Å². The minimum absolute atomic E-state index is 0.0232. The lowest BCUT2D eigenvalue weighted by Crippen LogP contribution is -2.54. The Morgan fingerprint density at radius 3 is 1.97 bits per heavy atom. The zero-order valence-corrected chi connectivity index (χ0v) is 20.1. The Hall–Kier alpha value is -2.04. The van der Waals surface area contributed by atoms with E-state index < -0.39 is 0 Å². The van der Waals surface area contributed by atoms with Crippen molar-refractivity contribution < 1.29 is 14.3 Å². The smallest absolute Gasteiger partial charge is 0.253 e. The first-order chi connectivity index (χ1) is 16.0. The molecule has 1 aromatic rings. The number of ether oxygens (including phenoxy) is 1. The molecule has 0 radical (unpaired) electrons. The highest BCUT2D eigenvalue weighted by molar-refractivity contribution is 5.94. The Bertz CT molecular complexity index is 880. The van der Waals surface area contributed by atoms with Crippen molar-refractivity contribution >= 4 is 11.8 Å². The Morgan fingerprint density at radius 2 is 1.42 bits per heavy atom. The number of carbonyl (C=O) groups excluding carboxylic acids is 2. The summed E-state index contributed by atoms with van der Waals surface area (Å²) in [5, 5.41) is 0. The van der Waals surface area contributed by atoms with E-state index in [9.17, 15) is 9.59 Å². The van der Waals surface area contributed by atoms with Gasteiger partial charge in [-0.1, -0.05) is 0 Å². The van der Waals surface area contributed by atoms with Crippen LogP contribution in [0.2, 0.25) is 0 Å². The van der Waals surface area contributed by atoms with Gasteiger partial charge in [-0.3, -0.25) is 9.59 Å². The quantitative estimate of drug-likeness (QED) is 0.665. The van der Waals surface area contributed by atoms with Crippen molar-refractivity contribution in [1.82, 2.24) is 9.80 Å². The number of hydrogen-bond donors (Lipinski definition) is 0. The topological polar surface area (TPSA) is 49.9 Å². The van der Waals surface area contributed by atoms with Crippen LogP contribution in [0.1, 0.15) is 75.1 Å². The normalized spacial score (nSPS) is 34.2. The average Bonchev–Trinajstić information content (AvgIpc) is 3.22. The summed E-state index contributed by atoms with van der Waals surface area (Å²) in [7, 11) is 0. The summed E-state index contributed by atoms with van der Waals surface area (Å²) in [6, 6.07) is 7.51. The molecule has 1 spiro atoms. The highest BCUT2D eigenvalue weighted by Gasteiger charge is 2.57. The highest BCUT2D eigenvalue weighted by atomic mass is 16.5. The number of benzene rings is 1. The van der Waals surface area contributed by atoms with Crippen molar-refractivity contribution in [3.8, 4) is 5.75 Å². The third kappa shape index (κ3) is 3.76. The van der Waals surface area contributed by atoms with Crippen molar-refractivity contribution in [2.75, 3.05) is 32.8 Å². The summed E-state index contributed by atoms with van der Waals surface area (Å²) < 4.78 is 5.50. The van der Waals surface area contributed by atoms with Crippen LogP contribution in [0.3, 0.4) is 0 Å². The maximum atomic E-state index is 13.8. The van der Waals surface area contributed by atoms with Gasteiger partial charge in [0.15, 0.2) is 0 Å². The molecular formula is C28H38N2O3. The zero-order chi connectivity index (χ0) is 22.6. The van der Waals surface area contributed by atoms with Crippen LogP contribution in [0, 0.1) is 28.6 Å². The van der Waals surface area contributed by atoms with Crippen molar-refractivity contribution in [2.45, 2.75) is 64.7 Å². The van der Waals surface area contributed by atoms with Gasteiger partial charge < -0.3 is 14.5 Å². The first-order valence-corrected chi connectivity index (χ1v) is 13.3. The van der Waals surface area contributed by atoms with Crippen LogP contribution >= 0.6 is 0 Å². The van der Waals surface area contributed by atoms with Crippen LogP contribution in [0.4, 0.5) is 0 Å². The lowest BCUT2D eigenvalue weighted by Gasteiger charge is -2.56. The van der Waals surface area contributed by atoms with Crippen molar-refractivity contribution in [1.29, 1.82) is 0 Å². The summed E-state index contributed by atoms with van der Waals surface area (Å²) in [6.45, 7) is 6.02. The van der Waals surface area contributed by atoms with Crippen LogP contribution < -0.4 is 4.74 Å². The van der Waals surface area contributed by atoms with Crippen molar-refractivity contribution in [3.63, 3.8) is 0 Å². The molecule has 4 bridgehead atoms. The molecule has 0 atom stereocenters. The standard InChI is InChI=1S/C28H38N2O3/c1-2-33-24-5-3-23(4-6-24)25(31)29-10-7-27(8-11-29)9-12-30(19-27)26(32)28-16-20-13-21(17-28)15-22(14-20)18-28/h3-6,20-22H,2,7-19H2,1H3. The monoisotopic (exact) mass is 450 g/mol. The molecule has 2 amide bonds. The lowest BCUT2D eigenvalue weighted by atomic mass is 9.49. The third-order valence-electron chi connectivity index (χ3n) is 9.74. The summed E-state index contributed by atoms with van der Waals surface area (Å²) in [4.78, 5) is 31.1. The molecule has 0 N–H and O–H groups in total. The number of piperidine rings is 1. The minimum Gasteiger partial charge on any atom is -0.494 e. The molecule has 7 rings (SSSR count). The second-order valence-corrected chi connectivity index (χ2v) is 11.9. The fraction of sp³-hybridized carbons (Fsp3) is 0.714. The van der Waals surface area contributed by atoms with E-state index in [1.54, 1.807) is 0 Å². The summed E-state index contributed by atoms with van der Waals surface area (Å²) in [6.07, 6.45) is 10.8. The van der Waals surface area contributed by atoms with E-state index >= 15 is 0 Å². The predicted octanol–water partition coefficient (Wildman–Crippen LogP) is 4.76. The molecule has 178 valence electrons. The molecule has 2 aliphatic heterocycles. The van der Waals surface area contributed by atoms with Gasteiger partial charge in [0.05, 0.1) is 12.0 Å². The van der Waals surface area contributed by atoms with E-state index in [-0.39, 0.29) is 16.7 Å². The number of likely N-dealkylation sites (tertiary alicyclic amines) is 2. The number of carbonyl (C=O) groups is 2. The van der Waals surface area contributed by atoms with E-state index in [1.807, 2.05) is 36.1 Å². The van der Waals surface area contributed by atoms with E-state index in [4.69, 9.17) is 4.74 Å². The first kappa shape index (κ1) is 21.5. The first-order valence-electron chi connectivity index (χ1n) is 13.3. The molecule has 2 saturated heterocycles. The molecule has 33 heavy (non-hydrogen) atoms. The molecule has 1 aromatic carbocycles. The second-order valence-electron chi connectivity index (χ2n) is 11.9. The van der Waals surface area contributed by atoms with Gasteiger partial charge in [0, 0.05) is 31.7 Å². The molecule has 4 saturated carbocycles. The zero-order valence-electron chi connectivity index (χ0n) is 20.1. The van der Waals surface area contributed by atoms with Crippen molar-refractivity contribution in [3.05, 3.63) is 29.8 Å². The van der Waals surface area contributed by atoms with Crippen LogP contribution in [-0.4, -0.2) is 54.4 Å². The fourth-order valence-corrected chi connectivity index (χ4v) is 8.45. The maximum absolute atomic E-state index is 13.8. The molecule has 2 heterocycles. The predicted molar refractivity (Wildman–Crippen MR) is 127 cm³/mol. The SMILES string of the molecule is CCOc1ccc(C(=O)N2CCC3(CC2)CCN(C(=O)C24CC5CC(CC(C5)C2)C4)C3)cc1. The Labute approximate surface area is 197 Å². The molecule has 5 heteroatoms. The average molecular weight is 451 g/mol. The van der Waals surface area contributed by atoms with Crippen LogP contribution in [0.25, 0.3) is 0 Å². The lowest BCUT2D eigenvalue weighted by molar-refractivity contribution is -0.157. The fourth-order valence-electron chi connectivity index (χ4n) is 8.45. The number of rotatable bonds is 4. The van der Waals surface area contributed by atoms with Gasteiger partial charge in [-0.2, -0.15) is 0 Å². The molecule has 6 aliphatic rings. The molecule has 5 nitrogen and oxygen atoms in total. The van der Waals surface area contributed by atoms with E-state index in [0.717, 1.165) is 93.8 Å². The van der Waals surface area contributed by atoms with E-state index in [2.05, 4.69) is 4.90 Å². The van der Waals surface area contributed by atoms with Crippen LogP contribution in [0.15, 0.2) is 24.3 Å². The van der Waals surface area contributed by atoms with Gasteiger partial charge >= 0.3 is 0 Å². The third-order valence-corrected chi connectivity index (χ3v) is 9.74. The van der Waals surface area contributed by atoms with E-state index in [0.29, 0.717) is 12.5 Å². The molecule has 6 fully saturated rings. The van der Waals surface area contributed by atoms with Gasteiger partial charge in [0.25, 0.3) is 5.91 Å². The molecule has 4 aliphatic carbocycles. The molecular weight excluding hydrogens is 412 g/mol.